The van der Waals surface area contributed by atoms with Crippen LogP contribution in [0.15, 0.2) is 61.9 Å². The van der Waals surface area contributed by atoms with Crippen LogP contribution in [0, 0.1) is 0 Å². The maximum Gasteiger partial charge on any atom is 0.231 e. The monoisotopic (exact) mass is 463 g/mol. The molecular weight excluding hydrogens is 450 g/mol. The normalized spacial score (nSPS) is 12.6. The predicted octanol–water partition coefficient (Wildman–Crippen LogP) is 5.49. The number of halogens is 2. The van der Waals surface area contributed by atoms with E-state index in [1.807, 2.05) is 48.5 Å². The van der Waals surface area contributed by atoms with Crippen LogP contribution in [-0.2, 0) is 13.1 Å². The zero-order valence-corrected chi connectivity index (χ0v) is 16.4. The molecule has 128 valence electrons. The molecule has 0 radical (unpaired) electrons. The third kappa shape index (κ3) is 3.76. The number of furan rings is 1. The fourth-order valence-electron chi connectivity index (χ4n) is 2.69. The summed E-state index contributed by atoms with van der Waals surface area (Å²) in [7, 11) is 0. The van der Waals surface area contributed by atoms with Crippen LogP contribution in [-0.4, -0.2) is 6.79 Å². The minimum absolute atomic E-state index is 0.299. The van der Waals surface area contributed by atoms with Crippen molar-refractivity contribution in [3.05, 3.63) is 68.8 Å². The highest BCUT2D eigenvalue weighted by Crippen LogP contribution is 2.33. The van der Waals surface area contributed by atoms with Crippen molar-refractivity contribution in [2.24, 2.45) is 0 Å². The highest BCUT2D eigenvalue weighted by atomic mass is 79.9. The number of fused-ring (bicyclic) bond motifs is 1. The Morgan fingerprint density at radius 1 is 0.880 bits per heavy atom. The molecule has 0 atom stereocenters. The summed E-state index contributed by atoms with van der Waals surface area (Å²) in [6.07, 6.45) is 0. The topological polar surface area (TPSA) is 43.6 Å². The number of benzene rings is 2. The SMILES string of the molecule is Brc1ccc(-c2ccc(CNCc3ccc4c(c3)OCO4)o2)c(Br)c1. The van der Waals surface area contributed by atoms with Gasteiger partial charge in [-0.15, -0.1) is 0 Å². The number of rotatable bonds is 5. The van der Waals surface area contributed by atoms with Gasteiger partial charge < -0.3 is 19.2 Å². The Balaban J connectivity index is 1.38. The second-order valence-electron chi connectivity index (χ2n) is 5.68. The molecule has 3 aromatic rings. The van der Waals surface area contributed by atoms with Gasteiger partial charge in [-0.3, -0.25) is 0 Å². The summed E-state index contributed by atoms with van der Waals surface area (Å²) in [6, 6.07) is 16.0. The van der Waals surface area contributed by atoms with Crippen LogP contribution in [0.5, 0.6) is 11.5 Å². The first kappa shape index (κ1) is 16.7. The standard InChI is InChI=1S/C19H15Br2NO3/c20-13-2-4-15(16(21)8-13)17-6-3-14(25-17)10-22-9-12-1-5-18-19(7-12)24-11-23-18/h1-8,22H,9-11H2. The maximum atomic E-state index is 5.95. The van der Waals surface area contributed by atoms with Gasteiger partial charge in [-0.05, 0) is 64.0 Å². The Hall–Kier alpha value is -1.76. The molecule has 25 heavy (non-hydrogen) atoms. The second-order valence-corrected chi connectivity index (χ2v) is 7.45. The van der Waals surface area contributed by atoms with E-state index in [1.54, 1.807) is 0 Å². The molecule has 0 spiro atoms. The Morgan fingerprint density at radius 3 is 2.64 bits per heavy atom. The van der Waals surface area contributed by atoms with E-state index in [2.05, 4.69) is 37.2 Å². The average Bonchev–Trinajstić information content (AvgIpc) is 3.23. The molecule has 0 amide bonds. The van der Waals surface area contributed by atoms with E-state index in [1.165, 1.54) is 0 Å². The van der Waals surface area contributed by atoms with Gasteiger partial charge in [0.05, 0.1) is 6.54 Å². The zero-order chi connectivity index (χ0) is 17.2. The molecule has 1 aromatic heterocycles. The highest BCUT2D eigenvalue weighted by molar-refractivity contribution is 9.11. The van der Waals surface area contributed by atoms with E-state index < -0.39 is 0 Å². The summed E-state index contributed by atoms with van der Waals surface area (Å²) < 4.78 is 18.7. The molecule has 4 nitrogen and oxygen atoms in total. The molecule has 0 saturated carbocycles. The zero-order valence-electron chi connectivity index (χ0n) is 13.2. The van der Waals surface area contributed by atoms with Crippen LogP contribution in [0.2, 0.25) is 0 Å². The summed E-state index contributed by atoms with van der Waals surface area (Å²) in [5, 5.41) is 3.39. The lowest BCUT2D eigenvalue weighted by Crippen LogP contribution is -2.11. The number of nitrogens with one attached hydrogen (secondary N) is 1. The molecule has 2 heterocycles. The van der Waals surface area contributed by atoms with E-state index in [9.17, 15) is 0 Å². The molecule has 1 aliphatic rings. The first-order valence-corrected chi connectivity index (χ1v) is 9.41. The highest BCUT2D eigenvalue weighted by Gasteiger charge is 2.13. The van der Waals surface area contributed by atoms with Crippen molar-refractivity contribution in [1.29, 1.82) is 0 Å². The lowest BCUT2D eigenvalue weighted by molar-refractivity contribution is 0.174. The maximum absolute atomic E-state index is 5.95. The lowest BCUT2D eigenvalue weighted by Gasteiger charge is -2.05. The summed E-state index contributed by atoms with van der Waals surface area (Å²) in [5.41, 5.74) is 2.18. The largest absolute Gasteiger partial charge is 0.460 e. The van der Waals surface area contributed by atoms with Crippen molar-refractivity contribution in [3.63, 3.8) is 0 Å². The van der Waals surface area contributed by atoms with E-state index >= 15 is 0 Å². The Labute approximate surface area is 162 Å². The Kier molecular flexibility index (Phi) is 4.83. The van der Waals surface area contributed by atoms with Crippen molar-refractivity contribution < 1.29 is 13.9 Å². The van der Waals surface area contributed by atoms with Gasteiger partial charge in [0.15, 0.2) is 11.5 Å². The summed E-state index contributed by atoms with van der Waals surface area (Å²) in [5.74, 6) is 3.35. The van der Waals surface area contributed by atoms with Crippen LogP contribution in [0.25, 0.3) is 11.3 Å². The van der Waals surface area contributed by atoms with E-state index in [-0.39, 0.29) is 0 Å². The van der Waals surface area contributed by atoms with Crippen LogP contribution < -0.4 is 14.8 Å². The van der Waals surface area contributed by atoms with Crippen LogP contribution in [0.3, 0.4) is 0 Å². The first-order chi connectivity index (χ1) is 12.2. The van der Waals surface area contributed by atoms with Gasteiger partial charge in [0.1, 0.15) is 11.5 Å². The van der Waals surface area contributed by atoms with Crippen molar-refractivity contribution in [2.75, 3.05) is 6.79 Å². The van der Waals surface area contributed by atoms with E-state index in [4.69, 9.17) is 13.9 Å². The van der Waals surface area contributed by atoms with Crippen molar-refractivity contribution in [3.8, 4) is 22.8 Å². The molecule has 6 heteroatoms. The fraction of sp³-hybridized carbons (Fsp3) is 0.158. The molecule has 2 aromatic carbocycles. The smallest absolute Gasteiger partial charge is 0.231 e. The minimum Gasteiger partial charge on any atom is -0.460 e. The summed E-state index contributed by atoms with van der Waals surface area (Å²) in [4.78, 5) is 0. The molecule has 0 fully saturated rings. The Morgan fingerprint density at radius 2 is 1.76 bits per heavy atom. The number of hydrogen-bond acceptors (Lipinski definition) is 4. The van der Waals surface area contributed by atoms with Gasteiger partial charge in [-0.1, -0.05) is 22.0 Å². The van der Waals surface area contributed by atoms with Gasteiger partial charge in [0.2, 0.25) is 6.79 Å². The minimum atomic E-state index is 0.299. The molecule has 0 unspecified atom stereocenters. The average molecular weight is 465 g/mol. The van der Waals surface area contributed by atoms with Crippen molar-refractivity contribution >= 4 is 31.9 Å². The molecule has 0 saturated heterocycles. The van der Waals surface area contributed by atoms with E-state index in [0.717, 1.165) is 49.6 Å². The lowest BCUT2D eigenvalue weighted by atomic mass is 10.2. The third-order valence-electron chi connectivity index (χ3n) is 3.92. The molecular formula is C19H15Br2NO3. The number of hydrogen-bond donors (Lipinski definition) is 1. The van der Waals surface area contributed by atoms with Crippen LogP contribution in [0.1, 0.15) is 11.3 Å². The van der Waals surface area contributed by atoms with E-state index in [0.29, 0.717) is 13.3 Å². The first-order valence-electron chi connectivity index (χ1n) is 7.82. The Bertz CT molecular complexity index is 907. The fourth-order valence-corrected chi connectivity index (χ4v) is 3.93. The summed E-state index contributed by atoms with van der Waals surface area (Å²) >= 11 is 7.03. The molecule has 4 rings (SSSR count). The van der Waals surface area contributed by atoms with Gasteiger partial charge in [-0.2, -0.15) is 0 Å². The van der Waals surface area contributed by atoms with Crippen molar-refractivity contribution in [2.45, 2.75) is 13.1 Å². The third-order valence-corrected chi connectivity index (χ3v) is 5.07. The van der Waals surface area contributed by atoms with Gasteiger partial charge in [0, 0.05) is 21.1 Å². The van der Waals surface area contributed by atoms with Gasteiger partial charge >= 0.3 is 0 Å². The second kappa shape index (κ2) is 7.23. The quantitative estimate of drug-likeness (QED) is 0.542. The summed E-state index contributed by atoms with van der Waals surface area (Å²) in [6.45, 7) is 1.68. The molecule has 1 N–H and O–H groups in total. The molecule has 0 aliphatic carbocycles. The van der Waals surface area contributed by atoms with Crippen LogP contribution in [0.4, 0.5) is 0 Å². The van der Waals surface area contributed by atoms with Gasteiger partial charge in [-0.25, -0.2) is 0 Å². The molecule has 1 aliphatic heterocycles. The van der Waals surface area contributed by atoms with Crippen molar-refractivity contribution in [1.82, 2.24) is 5.32 Å². The molecule has 0 bridgehead atoms. The number of ether oxygens (including phenoxy) is 2. The van der Waals surface area contributed by atoms with Crippen LogP contribution >= 0.6 is 31.9 Å². The van der Waals surface area contributed by atoms with Gasteiger partial charge in [0.25, 0.3) is 0 Å². The predicted molar refractivity (Wildman–Crippen MR) is 103 cm³/mol.